The average Bonchev–Trinajstić information content (AvgIpc) is 2.59. The highest BCUT2D eigenvalue weighted by Crippen LogP contribution is 2.22. The molecule has 1 atom stereocenters. The van der Waals surface area contributed by atoms with Gasteiger partial charge in [-0.1, -0.05) is 25.5 Å². The van der Waals surface area contributed by atoms with E-state index in [1.807, 2.05) is 0 Å². The van der Waals surface area contributed by atoms with Crippen LogP contribution in [0.1, 0.15) is 31.7 Å². The molecule has 1 heterocycles. The van der Waals surface area contributed by atoms with Crippen LogP contribution in [0.25, 0.3) is 0 Å². The minimum atomic E-state index is -4.68. The summed E-state index contributed by atoms with van der Waals surface area (Å²) in [6, 6.07) is 5.61. The van der Waals surface area contributed by atoms with Gasteiger partial charge in [-0.15, -0.1) is 37.1 Å². The van der Waals surface area contributed by atoms with Crippen molar-refractivity contribution in [2.24, 2.45) is 16.6 Å². The Hall–Kier alpha value is -1.23. The number of benzene rings is 1. The largest absolute Gasteiger partial charge is 0.573 e. The van der Waals surface area contributed by atoms with Crippen molar-refractivity contribution in [1.29, 1.82) is 0 Å². The van der Waals surface area contributed by atoms with Crippen LogP contribution in [0.2, 0.25) is 0 Å². The quantitative estimate of drug-likeness (QED) is 0.341. The van der Waals surface area contributed by atoms with E-state index in [1.54, 1.807) is 0 Å². The number of rotatable bonds is 7. The molecule has 0 aliphatic carbocycles. The van der Waals surface area contributed by atoms with Crippen molar-refractivity contribution in [3.63, 3.8) is 0 Å². The molecule has 1 aliphatic heterocycles. The maximum atomic E-state index is 12.1. The van der Waals surface area contributed by atoms with Crippen LogP contribution < -0.4 is 15.8 Å². The molecule has 5 nitrogen and oxygen atoms in total. The van der Waals surface area contributed by atoms with Crippen LogP contribution in [0.15, 0.2) is 29.3 Å². The molecule has 3 N–H and O–H groups in total. The Morgan fingerprint density at radius 3 is 2.44 bits per heavy atom. The highest BCUT2D eigenvalue weighted by molar-refractivity contribution is 14.0. The Morgan fingerprint density at radius 2 is 1.85 bits per heavy atom. The second-order valence-corrected chi connectivity index (χ2v) is 6.74. The first-order valence-corrected chi connectivity index (χ1v) is 8.92. The second-order valence-electron chi connectivity index (χ2n) is 6.74. The van der Waals surface area contributed by atoms with Gasteiger partial charge in [-0.25, -0.2) is 4.99 Å². The molecule has 1 aliphatic rings. The molecule has 1 fully saturated rings. The topological polar surface area (TPSA) is 62.9 Å². The third kappa shape index (κ3) is 10.0. The molecular formula is C18H28F3IN4O. The minimum absolute atomic E-state index is 0. The van der Waals surface area contributed by atoms with E-state index in [0.717, 1.165) is 18.7 Å². The van der Waals surface area contributed by atoms with Crippen LogP contribution >= 0.6 is 24.0 Å². The van der Waals surface area contributed by atoms with Gasteiger partial charge in [0.1, 0.15) is 5.75 Å². The zero-order valence-electron chi connectivity index (χ0n) is 15.5. The number of hydrogen-bond acceptors (Lipinski definition) is 3. The summed E-state index contributed by atoms with van der Waals surface area (Å²) >= 11 is 0. The third-order valence-corrected chi connectivity index (χ3v) is 4.24. The number of nitrogens with zero attached hydrogens (tertiary/aromatic N) is 2. The van der Waals surface area contributed by atoms with Gasteiger partial charge in [0.25, 0.3) is 0 Å². The highest BCUT2D eigenvalue weighted by Gasteiger charge is 2.30. The van der Waals surface area contributed by atoms with Crippen LogP contribution in [-0.2, 0) is 6.54 Å². The predicted octanol–water partition coefficient (Wildman–Crippen LogP) is 3.73. The van der Waals surface area contributed by atoms with E-state index >= 15 is 0 Å². The van der Waals surface area contributed by atoms with E-state index in [1.165, 1.54) is 56.6 Å². The van der Waals surface area contributed by atoms with Gasteiger partial charge in [0.2, 0.25) is 0 Å². The summed E-state index contributed by atoms with van der Waals surface area (Å²) in [5, 5.41) is 3.11. The number of hydrogen-bond donors (Lipinski definition) is 2. The fourth-order valence-electron chi connectivity index (χ4n) is 2.95. The predicted molar refractivity (Wildman–Crippen MR) is 111 cm³/mol. The third-order valence-electron chi connectivity index (χ3n) is 4.24. The number of guanidine groups is 1. The summed E-state index contributed by atoms with van der Waals surface area (Å²) in [5.41, 5.74) is 6.62. The smallest absolute Gasteiger partial charge is 0.406 e. The lowest BCUT2D eigenvalue weighted by molar-refractivity contribution is -0.274. The molecule has 1 aromatic carbocycles. The maximum Gasteiger partial charge on any atom is 0.573 e. The Kier molecular flexibility index (Phi) is 10.2. The van der Waals surface area contributed by atoms with Crippen LogP contribution in [0.5, 0.6) is 5.75 Å². The van der Waals surface area contributed by atoms with Crippen molar-refractivity contribution in [3.8, 4) is 5.75 Å². The molecule has 2 rings (SSSR count). The van der Waals surface area contributed by atoms with Gasteiger partial charge < -0.3 is 20.7 Å². The van der Waals surface area contributed by atoms with Gasteiger partial charge in [0, 0.05) is 13.1 Å². The maximum absolute atomic E-state index is 12.1. The summed E-state index contributed by atoms with van der Waals surface area (Å²) in [5.74, 6) is 0.551. The highest BCUT2D eigenvalue weighted by atomic mass is 127. The summed E-state index contributed by atoms with van der Waals surface area (Å²) in [4.78, 5) is 6.70. The van der Waals surface area contributed by atoms with Gasteiger partial charge in [-0.2, -0.15) is 0 Å². The summed E-state index contributed by atoms with van der Waals surface area (Å²) in [7, 11) is 0. The molecule has 0 saturated carbocycles. The Morgan fingerprint density at radius 1 is 1.22 bits per heavy atom. The zero-order chi connectivity index (χ0) is 19.0. The zero-order valence-corrected chi connectivity index (χ0v) is 17.8. The van der Waals surface area contributed by atoms with Crippen molar-refractivity contribution < 1.29 is 17.9 Å². The van der Waals surface area contributed by atoms with E-state index in [-0.39, 0.29) is 29.7 Å². The first-order chi connectivity index (χ1) is 12.3. The Labute approximate surface area is 175 Å². The molecule has 1 aromatic rings. The minimum Gasteiger partial charge on any atom is -0.406 e. The molecule has 9 heteroatoms. The number of alkyl halides is 3. The van der Waals surface area contributed by atoms with Gasteiger partial charge in [0.15, 0.2) is 5.96 Å². The molecular weight excluding hydrogens is 472 g/mol. The average molecular weight is 500 g/mol. The lowest BCUT2D eigenvalue weighted by Crippen LogP contribution is -2.40. The van der Waals surface area contributed by atoms with Crippen molar-refractivity contribution in [2.75, 3.05) is 26.2 Å². The molecule has 0 radical (unpaired) electrons. The first-order valence-electron chi connectivity index (χ1n) is 8.92. The van der Waals surface area contributed by atoms with Gasteiger partial charge >= 0.3 is 6.36 Å². The monoisotopic (exact) mass is 500 g/mol. The van der Waals surface area contributed by atoms with Crippen molar-refractivity contribution >= 4 is 29.9 Å². The number of piperidine rings is 1. The SMILES string of the molecule is CC(CNC(N)=NCc1ccc(OC(F)(F)F)cc1)CN1CCCCC1.I. The van der Waals surface area contributed by atoms with Crippen molar-refractivity contribution in [1.82, 2.24) is 10.2 Å². The lowest BCUT2D eigenvalue weighted by atomic mass is 10.1. The second kappa shape index (κ2) is 11.6. The van der Waals surface area contributed by atoms with E-state index in [2.05, 4.69) is 26.9 Å². The van der Waals surface area contributed by atoms with E-state index in [9.17, 15) is 13.2 Å². The molecule has 0 bridgehead atoms. The van der Waals surface area contributed by atoms with Crippen LogP contribution in [0.4, 0.5) is 13.2 Å². The normalized spacial score (nSPS) is 17.1. The molecule has 0 aromatic heterocycles. The number of nitrogens with two attached hydrogens (primary N) is 1. The molecule has 0 spiro atoms. The van der Waals surface area contributed by atoms with Gasteiger partial charge in [-0.05, 0) is 49.5 Å². The van der Waals surface area contributed by atoms with Crippen LogP contribution in [0, 0.1) is 5.92 Å². The van der Waals surface area contributed by atoms with Crippen LogP contribution in [0.3, 0.4) is 0 Å². The molecule has 1 saturated heterocycles. The number of halogens is 4. The fourth-order valence-corrected chi connectivity index (χ4v) is 2.95. The molecule has 154 valence electrons. The summed E-state index contributed by atoms with van der Waals surface area (Å²) in [6.45, 7) is 6.59. The number of likely N-dealkylation sites (tertiary alicyclic amines) is 1. The van der Waals surface area contributed by atoms with Crippen molar-refractivity contribution in [3.05, 3.63) is 29.8 Å². The van der Waals surface area contributed by atoms with E-state index < -0.39 is 6.36 Å². The molecule has 0 amide bonds. The number of nitrogens with one attached hydrogen (secondary N) is 1. The van der Waals surface area contributed by atoms with E-state index in [0.29, 0.717) is 18.4 Å². The van der Waals surface area contributed by atoms with Crippen molar-refractivity contribution in [2.45, 2.75) is 39.1 Å². The molecule has 27 heavy (non-hydrogen) atoms. The number of aliphatic imine (C=N–C) groups is 1. The number of ether oxygens (including phenoxy) is 1. The summed E-state index contributed by atoms with van der Waals surface area (Å²) in [6.07, 6.45) is -0.807. The van der Waals surface area contributed by atoms with Gasteiger partial charge in [0.05, 0.1) is 6.54 Å². The Balaban J connectivity index is 0.00000364. The first kappa shape index (κ1) is 23.8. The van der Waals surface area contributed by atoms with Crippen LogP contribution in [-0.4, -0.2) is 43.4 Å². The summed E-state index contributed by atoms with van der Waals surface area (Å²) < 4.78 is 40.2. The fraction of sp³-hybridized carbons (Fsp3) is 0.611. The molecule has 1 unspecified atom stereocenters. The lowest BCUT2D eigenvalue weighted by Gasteiger charge is -2.29. The van der Waals surface area contributed by atoms with Gasteiger partial charge in [-0.3, -0.25) is 0 Å². The Bertz CT molecular complexity index is 575. The standard InChI is InChI=1S/C18H27F3N4O.HI/c1-14(13-25-9-3-2-4-10-25)11-23-17(22)24-12-15-5-7-16(8-6-15)26-18(19,20)21;/h5-8,14H,2-4,9-13H2,1H3,(H3,22,23,24);1H. The van der Waals surface area contributed by atoms with E-state index in [4.69, 9.17) is 5.73 Å².